The number of carbonyl (C=O) groups is 1. The third-order valence-corrected chi connectivity index (χ3v) is 2.06. The van der Waals surface area contributed by atoms with Crippen molar-refractivity contribution in [2.45, 2.75) is 13.0 Å². The lowest BCUT2D eigenvalue weighted by molar-refractivity contribution is -0.150. The molecule has 0 saturated carbocycles. The lowest BCUT2D eigenvalue weighted by Gasteiger charge is -2.07. The molecule has 0 amide bonds. The van der Waals surface area contributed by atoms with Gasteiger partial charge in [0.2, 0.25) is 0 Å². The van der Waals surface area contributed by atoms with Crippen molar-refractivity contribution in [2.75, 3.05) is 18.1 Å². The zero-order chi connectivity index (χ0) is 9.40. The Balaban J connectivity index is 3.53. The molecule has 70 valence electrons. The summed E-state index contributed by atoms with van der Waals surface area (Å²) in [4.78, 5) is 10.9. The van der Waals surface area contributed by atoms with Gasteiger partial charge < -0.3 is 9.84 Å². The summed E-state index contributed by atoms with van der Waals surface area (Å²) in [7, 11) is 0. The van der Waals surface area contributed by atoms with Crippen LogP contribution in [-0.4, -0.2) is 35.3 Å². The molecule has 1 atom stereocenters. The van der Waals surface area contributed by atoms with Gasteiger partial charge in [0.1, 0.15) is 6.61 Å². The number of carbonyl (C=O) groups excluding carboxylic acids is 1. The van der Waals surface area contributed by atoms with E-state index in [4.69, 9.17) is 5.11 Å². The van der Waals surface area contributed by atoms with Gasteiger partial charge in [-0.1, -0.05) is 19.6 Å². The van der Waals surface area contributed by atoms with Gasteiger partial charge in [0.25, 0.3) is 0 Å². The summed E-state index contributed by atoms with van der Waals surface area (Å²) < 4.78 is 4.63. The van der Waals surface area contributed by atoms with Crippen molar-refractivity contribution in [3.8, 4) is 0 Å². The van der Waals surface area contributed by atoms with Crippen LogP contribution in [0.2, 0.25) is 0 Å². The second kappa shape index (κ2) is 7.18. The van der Waals surface area contributed by atoms with Crippen molar-refractivity contribution in [1.82, 2.24) is 0 Å². The van der Waals surface area contributed by atoms with Crippen LogP contribution in [0.3, 0.4) is 0 Å². The largest absolute Gasteiger partial charge is 0.460 e. The van der Waals surface area contributed by atoms with E-state index < -0.39 is 12.1 Å². The average molecular weight is 190 g/mol. The van der Waals surface area contributed by atoms with Crippen LogP contribution in [0.15, 0.2) is 12.7 Å². The topological polar surface area (TPSA) is 46.5 Å². The van der Waals surface area contributed by atoms with E-state index in [1.54, 1.807) is 0 Å². The first kappa shape index (κ1) is 11.5. The standard InChI is InChI=1S/C8H14O3S/c1-3-5-11-8(10)7(9)6-12-4-2/h3,7,9H,1,4-6H2,2H3/t7-/m0/s1. The highest BCUT2D eigenvalue weighted by molar-refractivity contribution is 7.99. The molecule has 0 aromatic heterocycles. The second-order valence-corrected chi connectivity index (χ2v) is 3.41. The van der Waals surface area contributed by atoms with Crippen LogP contribution in [0.25, 0.3) is 0 Å². The molecular formula is C8H14O3S. The highest BCUT2D eigenvalue weighted by Crippen LogP contribution is 2.02. The molecule has 0 aliphatic rings. The van der Waals surface area contributed by atoms with Crippen LogP contribution in [-0.2, 0) is 9.53 Å². The fourth-order valence-electron chi connectivity index (χ4n) is 0.535. The maximum Gasteiger partial charge on any atom is 0.336 e. The highest BCUT2D eigenvalue weighted by Gasteiger charge is 2.14. The van der Waals surface area contributed by atoms with Crippen molar-refractivity contribution >= 4 is 17.7 Å². The quantitative estimate of drug-likeness (QED) is 0.498. The lowest BCUT2D eigenvalue weighted by atomic mass is 10.4. The van der Waals surface area contributed by atoms with Gasteiger partial charge in [-0.25, -0.2) is 4.79 Å². The molecule has 0 unspecified atom stereocenters. The normalized spacial score (nSPS) is 12.2. The molecule has 0 bridgehead atoms. The fourth-order valence-corrected chi connectivity index (χ4v) is 1.13. The van der Waals surface area contributed by atoms with E-state index >= 15 is 0 Å². The smallest absolute Gasteiger partial charge is 0.336 e. The number of rotatable bonds is 6. The van der Waals surface area contributed by atoms with Gasteiger partial charge in [0.05, 0.1) is 0 Å². The molecule has 3 nitrogen and oxygen atoms in total. The van der Waals surface area contributed by atoms with Crippen molar-refractivity contribution in [1.29, 1.82) is 0 Å². The van der Waals surface area contributed by atoms with Crippen LogP contribution >= 0.6 is 11.8 Å². The summed E-state index contributed by atoms with van der Waals surface area (Å²) in [5, 5.41) is 9.15. The molecule has 0 saturated heterocycles. The van der Waals surface area contributed by atoms with Crippen LogP contribution in [0.4, 0.5) is 0 Å². The SMILES string of the molecule is C=CCOC(=O)[C@@H](O)CSCC. The summed E-state index contributed by atoms with van der Waals surface area (Å²) >= 11 is 1.50. The van der Waals surface area contributed by atoms with Crippen LogP contribution in [0.5, 0.6) is 0 Å². The number of ether oxygens (including phenoxy) is 1. The van der Waals surface area contributed by atoms with E-state index in [1.165, 1.54) is 17.8 Å². The van der Waals surface area contributed by atoms with E-state index in [0.29, 0.717) is 5.75 Å². The van der Waals surface area contributed by atoms with Gasteiger partial charge in [-0.2, -0.15) is 11.8 Å². The van der Waals surface area contributed by atoms with Gasteiger partial charge in [0, 0.05) is 5.75 Å². The number of hydrogen-bond donors (Lipinski definition) is 1. The summed E-state index contributed by atoms with van der Waals surface area (Å²) in [6.07, 6.45) is 0.465. The van der Waals surface area contributed by atoms with E-state index in [9.17, 15) is 4.79 Å². The molecular weight excluding hydrogens is 176 g/mol. The van der Waals surface area contributed by atoms with Crippen LogP contribution < -0.4 is 0 Å². The molecule has 0 spiro atoms. The molecule has 0 rings (SSSR count). The summed E-state index contributed by atoms with van der Waals surface area (Å²) in [5.74, 6) is 0.703. The number of hydrogen-bond acceptors (Lipinski definition) is 4. The number of esters is 1. The fraction of sp³-hybridized carbons (Fsp3) is 0.625. The Hall–Kier alpha value is -0.480. The Labute approximate surface area is 76.8 Å². The number of aliphatic hydroxyl groups excluding tert-OH is 1. The molecule has 0 aromatic rings. The molecule has 0 heterocycles. The molecule has 0 aromatic carbocycles. The Bertz CT molecular complexity index is 147. The first-order valence-electron chi connectivity index (χ1n) is 3.75. The molecule has 1 N–H and O–H groups in total. The molecule has 0 fully saturated rings. The second-order valence-electron chi connectivity index (χ2n) is 2.09. The maximum atomic E-state index is 10.9. The van der Waals surface area contributed by atoms with Crippen LogP contribution in [0, 0.1) is 0 Å². The van der Waals surface area contributed by atoms with E-state index in [-0.39, 0.29) is 6.61 Å². The Morgan fingerprint density at radius 3 is 3.00 bits per heavy atom. The zero-order valence-electron chi connectivity index (χ0n) is 7.16. The minimum Gasteiger partial charge on any atom is -0.460 e. The predicted molar refractivity (Wildman–Crippen MR) is 50.2 cm³/mol. The third-order valence-electron chi connectivity index (χ3n) is 1.10. The van der Waals surface area contributed by atoms with Gasteiger partial charge in [-0.05, 0) is 5.75 Å². The summed E-state index contributed by atoms with van der Waals surface area (Å²) in [5.41, 5.74) is 0. The van der Waals surface area contributed by atoms with Gasteiger partial charge in [-0.3, -0.25) is 0 Å². The molecule has 0 aliphatic heterocycles. The first-order valence-corrected chi connectivity index (χ1v) is 4.91. The van der Waals surface area contributed by atoms with E-state index in [2.05, 4.69) is 11.3 Å². The minimum atomic E-state index is -1.00. The highest BCUT2D eigenvalue weighted by atomic mass is 32.2. The molecule has 0 aliphatic carbocycles. The van der Waals surface area contributed by atoms with Crippen molar-refractivity contribution in [2.24, 2.45) is 0 Å². The Morgan fingerprint density at radius 2 is 2.50 bits per heavy atom. The Kier molecular flexibility index (Phi) is 6.90. The summed E-state index contributed by atoms with van der Waals surface area (Å²) in [6, 6.07) is 0. The van der Waals surface area contributed by atoms with Gasteiger partial charge in [-0.15, -0.1) is 0 Å². The monoisotopic (exact) mass is 190 g/mol. The van der Waals surface area contributed by atoms with Crippen molar-refractivity contribution in [3.05, 3.63) is 12.7 Å². The molecule has 0 radical (unpaired) electrons. The van der Waals surface area contributed by atoms with E-state index in [1.807, 2.05) is 6.92 Å². The zero-order valence-corrected chi connectivity index (χ0v) is 7.97. The van der Waals surface area contributed by atoms with Crippen LogP contribution in [0.1, 0.15) is 6.92 Å². The Morgan fingerprint density at radius 1 is 1.83 bits per heavy atom. The van der Waals surface area contributed by atoms with E-state index in [0.717, 1.165) is 5.75 Å². The first-order chi connectivity index (χ1) is 5.72. The number of thioether (sulfide) groups is 1. The predicted octanol–water partition coefficient (Wildman–Crippen LogP) is 0.830. The van der Waals surface area contributed by atoms with Crippen molar-refractivity contribution < 1.29 is 14.6 Å². The lowest BCUT2D eigenvalue weighted by Crippen LogP contribution is -2.25. The maximum absolute atomic E-state index is 10.9. The minimum absolute atomic E-state index is 0.159. The van der Waals surface area contributed by atoms with Gasteiger partial charge in [0.15, 0.2) is 6.10 Å². The summed E-state index contributed by atoms with van der Waals surface area (Å²) in [6.45, 7) is 5.51. The molecule has 12 heavy (non-hydrogen) atoms. The average Bonchev–Trinajstić information content (AvgIpc) is 2.10. The van der Waals surface area contributed by atoms with Crippen molar-refractivity contribution in [3.63, 3.8) is 0 Å². The van der Waals surface area contributed by atoms with Gasteiger partial charge >= 0.3 is 5.97 Å². The molecule has 4 heteroatoms. The third kappa shape index (κ3) is 5.21. The number of aliphatic hydroxyl groups is 1.